The van der Waals surface area contributed by atoms with Crippen LogP contribution in [-0.2, 0) is 68.3 Å². The van der Waals surface area contributed by atoms with Crippen molar-refractivity contribution in [2.24, 2.45) is 0 Å². The first-order valence-corrected chi connectivity index (χ1v) is 31.5. The number of methoxy groups -OCH3 is 1. The highest BCUT2D eigenvalue weighted by molar-refractivity contribution is 6.35. The van der Waals surface area contributed by atoms with Crippen LogP contribution in [0.4, 0.5) is 0 Å². The molecule has 1 aromatic heterocycles. The molecule has 464 valence electrons. The maximum absolute atomic E-state index is 14.2. The van der Waals surface area contributed by atoms with Gasteiger partial charge in [0.1, 0.15) is 40.9 Å². The fourth-order valence-corrected chi connectivity index (χ4v) is 11.6. The number of amides is 3. The summed E-state index contributed by atoms with van der Waals surface area (Å²) >= 11 is 6.74. The summed E-state index contributed by atoms with van der Waals surface area (Å²) in [6.07, 6.45) is 1.39. The van der Waals surface area contributed by atoms with Crippen LogP contribution in [0.15, 0.2) is 72.8 Å². The van der Waals surface area contributed by atoms with Crippen molar-refractivity contribution in [2.45, 2.75) is 179 Å². The quantitative estimate of drug-likeness (QED) is 0.0779. The average molecular weight is 1190 g/mol. The molecule has 1 aliphatic rings. The first-order chi connectivity index (χ1) is 40.5. The highest BCUT2D eigenvalue weighted by atomic mass is 35.5. The van der Waals surface area contributed by atoms with E-state index in [4.69, 9.17) is 40.3 Å². The predicted molar refractivity (Wildman–Crippen MR) is 350 cm³/mol. The van der Waals surface area contributed by atoms with Crippen molar-refractivity contribution in [3.05, 3.63) is 150 Å². The Hall–Kier alpha value is -6.79. The van der Waals surface area contributed by atoms with Gasteiger partial charge in [0.05, 0.1) is 17.8 Å². The van der Waals surface area contributed by atoms with Crippen LogP contribution in [0, 0.1) is 0 Å². The van der Waals surface area contributed by atoms with Gasteiger partial charge in [-0.2, -0.15) is 0 Å². The van der Waals surface area contributed by atoms with E-state index in [9.17, 15) is 14.4 Å². The molecule has 0 atom stereocenters. The van der Waals surface area contributed by atoms with E-state index in [-0.39, 0.29) is 65.8 Å². The van der Waals surface area contributed by atoms with Crippen molar-refractivity contribution in [3.8, 4) is 28.7 Å². The van der Waals surface area contributed by atoms with Gasteiger partial charge in [0.25, 0.3) is 17.7 Å². The number of nitrogens with zero attached hydrogens (tertiary/aromatic N) is 4. The maximum atomic E-state index is 14.2. The summed E-state index contributed by atoms with van der Waals surface area (Å²) in [6, 6.07) is 25.5. The highest BCUT2D eigenvalue weighted by Crippen LogP contribution is 2.45. The number of benzene rings is 5. The first kappa shape index (κ1) is 66.7. The van der Waals surface area contributed by atoms with E-state index >= 15 is 0 Å². The SMILES string of the molecule is CCN(CC)C(=O)COc1c2cc(C(C)(C)C)cc1Cc1cc(C(C)(C)C)cc(c1OCC(=O)N(CC)CC)Cc1cc(C(C)(C)C)cc(c1OCc1ccc3c(Cl)ccc(OC)c3n1)Cc1cc(C(C)(C)C)cc(c1OCC(=O)N(CC)CC)C2. The van der Waals surface area contributed by atoms with Crippen LogP contribution in [-0.4, -0.2) is 104 Å². The zero-order valence-corrected chi connectivity index (χ0v) is 56.0. The van der Waals surface area contributed by atoms with Gasteiger partial charge in [-0.05, 0) is 154 Å². The zero-order valence-electron chi connectivity index (χ0n) is 55.3. The smallest absolute Gasteiger partial charge is 0.260 e. The van der Waals surface area contributed by atoms with Gasteiger partial charge in [-0.1, -0.05) is 143 Å². The molecule has 0 saturated heterocycles. The van der Waals surface area contributed by atoms with Gasteiger partial charge < -0.3 is 38.4 Å². The fraction of sp³-hybridized carbons (Fsp3) is 0.507. The number of ether oxygens (including phenoxy) is 5. The lowest BCUT2D eigenvalue weighted by Gasteiger charge is -2.29. The van der Waals surface area contributed by atoms with Crippen molar-refractivity contribution >= 4 is 40.2 Å². The van der Waals surface area contributed by atoms with Crippen LogP contribution in [0.3, 0.4) is 0 Å². The van der Waals surface area contributed by atoms with Crippen LogP contribution >= 0.6 is 11.6 Å². The largest absolute Gasteiger partial charge is 0.494 e. The monoisotopic (exact) mass is 1190 g/mol. The second-order valence-electron chi connectivity index (χ2n) is 27.0. The number of likely N-dealkylation sites (N-methyl/N-ethyl adjacent to an activating group) is 3. The van der Waals surface area contributed by atoms with Crippen LogP contribution in [0.5, 0.6) is 28.7 Å². The number of aromatic nitrogens is 1. The van der Waals surface area contributed by atoms with Gasteiger partial charge in [-0.15, -0.1) is 0 Å². The third-order valence-electron chi connectivity index (χ3n) is 16.7. The van der Waals surface area contributed by atoms with E-state index in [1.807, 2.05) is 65.8 Å². The molecular weight excluding hydrogens is 1100 g/mol. The van der Waals surface area contributed by atoms with E-state index < -0.39 is 0 Å². The number of hydrogen-bond donors (Lipinski definition) is 0. The fourth-order valence-electron chi connectivity index (χ4n) is 11.4. The molecule has 7 rings (SSSR count). The Bertz CT molecular complexity index is 3280. The topological polar surface area (TPSA) is 120 Å². The number of pyridine rings is 1. The Balaban J connectivity index is 1.64. The molecule has 0 radical (unpaired) electrons. The van der Waals surface area contributed by atoms with Gasteiger partial charge in [0, 0.05) is 70.3 Å². The molecule has 1 heterocycles. The third-order valence-corrected chi connectivity index (χ3v) is 17.1. The predicted octanol–water partition coefficient (Wildman–Crippen LogP) is 15.1. The first-order valence-electron chi connectivity index (χ1n) is 31.1. The van der Waals surface area contributed by atoms with E-state index in [0.717, 1.165) is 72.1 Å². The van der Waals surface area contributed by atoms with Gasteiger partial charge >= 0.3 is 0 Å². The minimum Gasteiger partial charge on any atom is -0.494 e. The molecule has 3 amide bonds. The van der Waals surface area contributed by atoms with Gasteiger partial charge in [-0.25, -0.2) is 4.98 Å². The number of halogens is 1. The molecule has 0 fully saturated rings. The van der Waals surface area contributed by atoms with Crippen LogP contribution in [0.25, 0.3) is 10.9 Å². The molecule has 86 heavy (non-hydrogen) atoms. The molecule has 6 aromatic rings. The minimum absolute atomic E-state index is 0.106. The number of carbonyl (C=O) groups excluding carboxylic acids is 3. The van der Waals surface area contributed by atoms with Crippen LogP contribution in [0.2, 0.25) is 5.02 Å². The van der Waals surface area contributed by atoms with E-state index in [1.54, 1.807) is 21.8 Å². The average Bonchev–Trinajstić information content (AvgIpc) is 0.840. The lowest BCUT2D eigenvalue weighted by Crippen LogP contribution is -2.35. The number of hydrogen-bond acceptors (Lipinski definition) is 9. The molecule has 0 unspecified atom stereocenters. The van der Waals surface area contributed by atoms with Crippen LogP contribution < -0.4 is 23.7 Å². The summed E-state index contributed by atoms with van der Waals surface area (Å²) in [4.78, 5) is 53.0. The van der Waals surface area contributed by atoms with Crippen molar-refractivity contribution in [1.29, 1.82) is 0 Å². The Labute approximate surface area is 519 Å². The number of rotatable bonds is 19. The molecule has 12 nitrogen and oxygen atoms in total. The van der Waals surface area contributed by atoms with Crippen LogP contribution in [0.1, 0.15) is 197 Å². The summed E-state index contributed by atoms with van der Waals surface area (Å²) in [7, 11) is 1.63. The highest BCUT2D eigenvalue weighted by Gasteiger charge is 2.31. The Morgan fingerprint density at radius 2 is 0.709 bits per heavy atom. The van der Waals surface area contributed by atoms with Crippen molar-refractivity contribution in [2.75, 3.05) is 66.2 Å². The minimum atomic E-state index is -0.326. The molecule has 13 heteroatoms. The van der Waals surface area contributed by atoms with Crippen molar-refractivity contribution < 1.29 is 38.1 Å². The zero-order chi connectivity index (χ0) is 63.2. The van der Waals surface area contributed by atoms with E-state index in [2.05, 4.69) is 132 Å². The standard InChI is InChI=1S/C73H97ClN4O8/c1-20-76(21-2)62(79)43-84-67-48-30-46-34-54(70(7,8)9)35-47(66(46)83-42-58-26-27-59-60(74)28-29-61(82-19)65(59)75-58)31-49-37-56(72(13,14)15)39-51(68(49)85-44-63(80)77(22-3)23-4)33-53-41-57(73(16,17)18)40-52(32-50(67)38-55(36-48)71(10,11)12)69(53)86-45-64(81)78(24-5)25-6/h26-29,34-41H,20-25,30-33,42-45H2,1-19H3. The summed E-state index contributed by atoms with van der Waals surface area (Å²) in [5.74, 6) is 2.77. The third kappa shape index (κ3) is 15.7. The molecule has 5 aromatic carbocycles. The summed E-state index contributed by atoms with van der Waals surface area (Å²) in [5, 5.41) is 1.34. The second kappa shape index (κ2) is 27.5. The Morgan fingerprint density at radius 1 is 0.430 bits per heavy atom. The summed E-state index contributed by atoms with van der Waals surface area (Å²) in [6.45, 7) is 41.4. The molecule has 0 N–H and O–H groups in total. The Morgan fingerprint density at radius 3 is 0.965 bits per heavy atom. The van der Waals surface area contributed by atoms with Crippen molar-refractivity contribution in [1.82, 2.24) is 19.7 Å². The van der Waals surface area contributed by atoms with Gasteiger partial charge in [0.15, 0.2) is 19.8 Å². The molecule has 0 spiro atoms. The lowest BCUT2D eigenvalue weighted by atomic mass is 9.79. The number of fused-ring (bicyclic) bond motifs is 9. The van der Waals surface area contributed by atoms with E-state index in [1.165, 1.54) is 0 Å². The summed E-state index contributed by atoms with van der Waals surface area (Å²) in [5.41, 5.74) is 11.5. The second-order valence-corrected chi connectivity index (χ2v) is 27.4. The van der Waals surface area contributed by atoms with Gasteiger partial charge in [0.2, 0.25) is 0 Å². The normalized spacial score (nSPS) is 12.8. The Kier molecular flexibility index (Phi) is 21.3. The number of carbonyl (C=O) groups is 3. The molecular formula is C73H97ClN4O8. The van der Waals surface area contributed by atoms with Gasteiger partial charge in [-0.3, -0.25) is 14.4 Å². The van der Waals surface area contributed by atoms with Crippen molar-refractivity contribution in [3.63, 3.8) is 0 Å². The molecule has 1 aliphatic carbocycles. The molecule has 0 saturated carbocycles. The molecule has 0 aliphatic heterocycles. The summed E-state index contributed by atoms with van der Waals surface area (Å²) < 4.78 is 34.3. The van der Waals surface area contributed by atoms with E-state index in [0.29, 0.717) is 110 Å². The molecule has 8 bridgehead atoms. The lowest BCUT2D eigenvalue weighted by molar-refractivity contribution is -0.133. The maximum Gasteiger partial charge on any atom is 0.260 e.